The lowest BCUT2D eigenvalue weighted by molar-refractivity contribution is 0.303. The van der Waals surface area contributed by atoms with Crippen LogP contribution in [0.1, 0.15) is 41.4 Å². The standard InChI is InChI=1S/C22H28N6O.2ClH/c1-15-6-8-17(9-7-15)22-20(5-4-12-23-22)24-14-18-13-19(10-11-21(18)29-3)28-16(2)25-26-27-28;;/h6-11,13,20,22-24H,4-5,12,14H2,1-3H3;2*1H/t20-,22-;;/m0../s1. The van der Waals surface area contributed by atoms with Crippen LogP contribution in [0.2, 0.25) is 0 Å². The fourth-order valence-electron chi connectivity index (χ4n) is 3.98. The molecule has 168 valence electrons. The molecule has 2 atom stereocenters. The summed E-state index contributed by atoms with van der Waals surface area (Å²) in [6, 6.07) is 15.5. The number of hydrogen-bond acceptors (Lipinski definition) is 6. The Labute approximate surface area is 195 Å². The fourth-order valence-corrected chi connectivity index (χ4v) is 3.98. The maximum Gasteiger partial charge on any atom is 0.153 e. The Morgan fingerprint density at radius 3 is 2.58 bits per heavy atom. The Morgan fingerprint density at radius 2 is 1.90 bits per heavy atom. The van der Waals surface area contributed by atoms with Gasteiger partial charge in [0.05, 0.1) is 12.8 Å². The van der Waals surface area contributed by atoms with Crippen LogP contribution in [-0.4, -0.2) is 39.9 Å². The number of methoxy groups -OCH3 is 1. The van der Waals surface area contributed by atoms with Gasteiger partial charge in [-0.05, 0) is 67.4 Å². The van der Waals surface area contributed by atoms with Crippen LogP contribution in [-0.2, 0) is 6.54 Å². The van der Waals surface area contributed by atoms with Crippen LogP contribution in [0.4, 0.5) is 0 Å². The molecule has 0 unspecified atom stereocenters. The summed E-state index contributed by atoms with van der Waals surface area (Å²) in [7, 11) is 1.71. The summed E-state index contributed by atoms with van der Waals surface area (Å²) in [5, 5.41) is 19.3. The van der Waals surface area contributed by atoms with E-state index in [1.165, 1.54) is 17.5 Å². The highest BCUT2D eigenvalue weighted by atomic mass is 35.5. The summed E-state index contributed by atoms with van der Waals surface area (Å²) < 4.78 is 7.33. The highest BCUT2D eigenvalue weighted by Gasteiger charge is 2.26. The first-order valence-electron chi connectivity index (χ1n) is 10.1. The van der Waals surface area contributed by atoms with Gasteiger partial charge < -0.3 is 15.4 Å². The number of benzene rings is 2. The fraction of sp³-hybridized carbons (Fsp3) is 0.409. The Balaban J connectivity index is 0.00000171. The van der Waals surface area contributed by atoms with Gasteiger partial charge in [0.2, 0.25) is 0 Å². The molecule has 1 aliphatic heterocycles. The molecule has 9 heteroatoms. The van der Waals surface area contributed by atoms with Crippen LogP contribution in [0.3, 0.4) is 0 Å². The molecule has 2 N–H and O–H groups in total. The average molecular weight is 465 g/mol. The van der Waals surface area contributed by atoms with E-state index in [1.54, 1.807) is 11.8 Å². The Morgan fingerprint density at radius 1 is 1.13 bits per heavy atom. The maximum atomic E-state index is 5.60. The first-order valence-corrected chi connectivity index (χ1v) is 10.1. The molecule has 0 radical (unpaired) electrons. The SMILES string of the molecule is COc1ccc(-n2nnnc2C)cc1CN[C@H]1CCCN[C@H]1c1ccc(C)cc1.Cl.Cl. The number of aromatic nitrogens is 4. The molecule has 1 fully saturated rings. The number of nitrogens with zero attached hydrogens (tertiary/aromatic N) is 4. The predicted molar refractivity (Wildman–Crippen MR) is 127 cm³/mol. The summed E-state index contributed by atoms with van der Waals surface area (Å²) in [4.78, 5) is 0. The van der Waals surface area contributed by atoms with Crippen molar-refractivity contribution in [2.24, 2.45) is 0 Å². The molecule has 1 saturated heterocycles. The van der Waals surface area contributed by atoms with E-state index >= 15 is 0 Å². The molecule has 0 amide bonds. The molecule has 0 bridgehead atoms. The lowest BCUT2D eigenvalue weighted by atomic mass is 9.91. The van der Waals surface area contributed by atoms with Crippen molar-refractivity contribution in [3.05, 3.63) is 65.0 Å². The van der Waals surface area contributed by atoms with Crippen molar-refractivity contribution in [2.45, 2.75) is 45.3 Å². The first-order chi connectivity index (χ1) is 14.2. The topological polar surface area (TPSA) is 76.9 Å². The lowest BCUT2D eigenvalue weighted by Crippen LogP contribution is -2.45. The van der Waals surface area contributed by atoms with Crippen molar-refractivity contribution < 1.29 is 4.74 Å². The Kier molecular flexibility index (Phi) is 9.25. The van der Waals surface area contributed by atoms with Crippen molar-refractivity contribution >= 4 is 24.8 Å². The summed E-state index contributed by atoms with van der Waals surface area (Å²) in [6.45, 7) is 5.78. The number of rotatable bonds is 6. The van der Waals surface area contributed by atoms with E-state index in [4.69, 9.17) is 4.74 Å². The van der Waals surface area contributed by atoms with Gasteiger partial charge in [0.15, 0.2) is 5.82 Å². The molecule has 0 saturated carbocycles. The van der Waals surface area contributed by atoms with Crippen molar-refractivity contribution in [3.8, 4) is 11.4 Å². The van der Waals surface area contributed by atoms with Gasteiger partial charge in [0.1, 0.15) is 5.75 Å². The minimum absolute atomic E-state index is 0. The number of ether oxygens (including phenoxy) is 1. The zero-order chi connectivity index (χ0) is 20.2. The van der Waals surface area contributed by atoms with Gasteiger partial charge in [-0.25, -0.2) is 0 Å². The van der Waals surface area contributed by atoms with Gasteiger partial charge in [-0.2, -0.15) is 4.68 Å². The second kappa shape index (κ2) is 11.4. The van der Waals surface area contributed by atoms with Crippen molar-refractivity contribution in [2.75, 3.05) is 13.7 Å². The van der Waals surface area contributed by atoms with E-state index in [9.17, 15) is 0 Å². The molecule has 0 spiro atoms. The number of nitrogens with one attached hydrogen (secondary N) is 2. The monoisotopic (exact) mass is 464 g/mol. The van der Waals surface area contributed by atoms with Crippen LogP contribution in [0.25, 0.3) is 5.69 Å². The zero-order valence-corrected chi connectivity index (χ0v) is 19.7. The van der Waals surface area contributed by atoms with Gasteiger partial charge in [0.25, 0.3) is 0 Å². The molecular formula is C22H30Cl2N6O. The Hall–Kier alpha value is -2.19. The van der Waals surface area contributed by atoms with Crippen LogP contribution in [0.15, 0.2) is 42.5 Å². The minimum atomic E-state index is 0. The quantitative estimate of drug-likeness (QED) is 0.578. The van der Waals surface area contributed by atoms with Crippen molar-refractivity contribution in [1.82, 2.24) is 30.8 Å². The van der Waals surface area contributed by atoms with E-state index in [-0.39, 0.29) is 24.8 Å². The molecule has 1 aliphatic rings. The van der Waals surface area contributed by atoms with Gasteiger partial charge in [-0.1, -0.05) is 29.8 Å². The number of aryl methyl sites for hydroxylation is 2. The van der Waals surface area contributed by atoms with Crippen molar-refractivity contribution in [1.29, 1.82) is 0 Å². The van der Waals surface area contributed by atoms with E-state index in [2.05, 4.69) is 63.4 Å². The molecular weight excluding hydrogens is 435 g/mol. The maximum absolute atomic E-state index is 5.60. The number of tetrazole rings is 1. The molecule has 31 heavy (non-hydrogen) atoms. The third-order valence-electron chi connectivity index (χ3n) is 5.58. The zero-order valence-electron chi connectivity index (χ0n) is 18.0. The second-order valence-electron chi connectivity index (χ2n) is 7.61. The summed E-state index contributed by atoms with van der Waals surface area (Å²) >= 11 is 0. The number of piperidine rings is 1. The smallest absolute Gasteiger partial charge is 0.153 e. The third-order valence-corrected chi connectivity index (χ3v) is 5.58. The second-order valence-corrected chi connectivity index (χ2v) is 7.61. The van der Waals surface area contributed by atoms with Gasteiger partial charge in [-0.15, -0.1) is 29.9 Å². The minimum Gasteiger partial charge on any atom is -0.496 e. The third kappa shape index (κ3) is 5.74. The predicted octanol–water partition coefficient (Wildman–Crippen LogP) is 3.71. The normalized spacial score (nSPS) is 18.0. The van der Waals surface area contributed by atoms with E-state index < -0.39 is 0 Å². The van der Waals surface area contributed by atoms with Crippen LogP contribution in [0, 0.1) is 13.8 Å². The van der Waals surface area contributed by atoms with E-state index in [1.807, 2.05) is 19.1 Å². The van der Waals surface area contributed by atoms with Crippen LogP contribution < -0.4 is 15.4 Å². The number of hydrogen-bond donors (Lipinski definition) is 2. The highest BCUT2D eigenvalue weighted by molar-refractivity contribution is 5.85. The van der Waals surface area contributed by atoms with Gasteiger partial charge in [0, 0.05) is 24.2 Å². The Bertz CT molecular complexity index is 963. The summed E-state index contributed by atoms with van der Waals surface area (Å²) in [6.07, 6.45) is 2.31. The van der Waals surface area contributed by atoms with Gasteiger partial charge in [-0.3, -0.25) is 0 Å². The molecule has 3 aromatic rings. The van der Waals surface area contributed by atoms with Crippen LogP contribution >= 0.6 is 24.8 Å². The first kappa shape index (κ1) is 25.1. The molecule has 2 aromatic carbocycles. The molecule has 2 heterocycles. The van der Waals surface area contributed by atoms with Crippen LogP contribution in [0.5, 0.6) is 5.75 Å². The summed E-state index contributed by atoms with van der Waals surface area (Å²) in [5.41, 5.74) is 4.64. The molecule has 4 rings (SSSR count). The molecule has 7 nitrogen and oxygen atoms in total. The van der Waals surface area contributed by atoms with Gasteiger partial charge >= 0.3 is 0 Å². The lowest BCUT2D eigenvalue weighted by Gasteiger charge is -2.34. The van der Waals surface area contributed by atoms with E-state index in [0.29, 0.717) is 18.6 Å². The average Bonchev–Trinajstić information content (AvgIpc) is 3.19. The summed E-state index contributed by atoms with van der Waals surface area (Å²) in [5.74, 6) is 1.62. The highest BCUT2D eigenvalue weighted by Crippen LogP contribution is 2.26. The number of halogens is 2. The van der Waals surface area contributed by atoms with E-state index in [0.717, 1.165) is 35.8 Å². The largest absolute Gasteiger partial charge is 0.496 e. The molecule has 1 aromatic heterocycles. The van der Waals surface area contributed by atoms with Crippen molar-refractivity contribution in [3.63, 3.8) is 0 Å². The molecule has 0 aliphatic carbocycles.